The summed E-state index contributed by atoms with van der Waals surface area (Å²) < 4.78 is 25.1. The van der Waals surface area contributed by atoms with Crippen molar-refractivity contribution in [3.05, 3.63) is 18.3 Å². The Balaban J connectivity index is 2.23. The maximum absolute atomic E-state index is 12.5. The van der Waals surface area contributed by atoms with Gasteiger partial charge in [0.05, 0.1) is 5.69 Å². The lowest BCUT2D eigenvalue weighted by Crippen LogP contribution is -2.42. The highest BCUT2D eigenvalue weighted by atomic mass is 32.2. The monoisotopic (exact) mass is 311 g/mol. The number of pyridine rings is 1. The van der Waals surface area contributed by atoms with Gasteiger partial charge in [-0.25, -0.2) is 13.4 Å². The molecule has 6 nitrogen and oxygen atoms in total. The number of hydrogen-bond acceptors (Lipinski definition) is 5. The third-order valence-corrected chi connectivity index (χ3v) is 5.81. The predicted molar refractivity (Wildman–Crippen MR) is 80.3 cm³/mol. The van der Waals surface area contributed by atoms with Crippen LogP contribution in [-0.2, 0) is 14.6 Å². The van der Waals surface area contributed by atoms with Crippen LogP contribution in [0.2, 0.25) is 0 Å². The molecule has 1 aliphatic rings. The Morgan fingerprint density at radius 3 is 2.48 bits per heavy atom. The zero-order valence-electron chi connectivity index (χ0n) is 12.2. The minimum atomic E-state index is -3.86. The molecule has 7 heteroatoms. The minimum absolute atomic E-state index is 0.0769. The molecule has 1 aromatic rings. The Morgan fingerprint density at radius 2 is 1.90 bits per heavy atom. The highest BCUT2D eigenvalue weighted by Crippen LogP contribution is 2.22. The van der Waals surface area contributed by atoms with Crippen molar-refractivity contribution < 1.29 is 13.2 Å². The second-order valence-corrected chi connectivity index (χ2v) is 7.51. The lowest BCUT2D eigenvalue weighted by molar-refractivity contribution is -0.130. The summed E-state index contributed by atoms with van der Waals surface area (Å²) in [5, 5.41) is -1.37. The number of likely N-dealkylation sites (tertiary alicyclic amines) is 1. The number of nitrogens with two attached hydrogens (primary N) is 1. The molecule has 1 unspecified atom stereocenters. The molecule has 1 atom stereocenters. The van der Waals surface area contributed by atoms with Gasteiger partial charge in [-0.05, 0) is 31.9 Å². The molecule has 2 N–H and O–H groups in total. The molecule has 21 heavy (non-hydrogen) atoms. The van der Waals surface area contributed by atoms with Crippen molar-refractivity contribution in [1.82, 2.24) is 9.88 Å². The molecular weight excluding hydrogens is 290 g/mol. The van der Waals surface area contributed by atoms with Crippen molar-refractivity contribution in [1.29, 1.82) is 0 Å². The van der Waals surface area contributed by atoms with Crippen LogP contribution in [0.1, 0.15) is 32.6 Å². The second-order valence-electron chi connectivity index (χ2n) is 5.32. The number of amides is 1. The standard InChI is InChI=1S/C14H21N3O3S/c1-11(14(18)17-9-4-2-3-5-10-17)21(19,20)13-12(15)7-6-8-16-13/h6-8,11H,2-5,9-10,15H2,1H3. The van der Waals surface area contributed by atoms with Crippen LogP contribution in [0, 0.1) is 0 Å². The molecule has 1 saturated heterocycles. The average Bonchev–Trinajstić information content (AvgIpc) is 2.75. The Kier molecular flexibility index (Phi) is 4.82. The van der Waals surface area contributed by atoms with Gasteiger partial charge in [-0.3, -0.25) is 4.79 Å². The van der Waals surface area contributed by atoms with E-state index in [1.165, 1.54) is 19.2 Å². The fraction of sp³-hybridized carbons (Fsp3) is 0.571. The molecule has 0 bridgehead atoms. The van der Waals surface area contributed by atoms with Gasteiger partial charge in [0.2, 0.25) is 15.7 Å². The molecule has 116 valence electrons. The van der Waals surface area contributed by atoms with Crippen molar-refractivity contribution >= 4 is 21.4 Å². The summed E-state index contributed by atoms with van der Waals surface area (Å²) in [5.74, 6) is -0.359. The molecule has 0 radical (unpaired) electrons. The molecule has 0 aromatic carbocycles. The van der Waals surface area contributed by atoms with E-state index in [-0.39, 0.29) is 16.6 Å². The van der Waals surface area contributed by atoms with Crippen LogP contribution >= 0.6 is 0 Å². The van der Waals surface area contributed by atoms with Crippen LogP contribution in [-0.4, -0.2) is 42.5 Å². The molecule has 0 spiro atoms. The van der Waals surface area contributed by atoms with Crippen LogP contribution in [0.3, 0.4) is 0 Å². The predicted octanol–water partition coefficient (Wildman–Crippen LogP) is 1.23. The van der Waals surface area contributed by atoms with E-state index < -0.39 is 15.1 Å². The number of hydrogen-bond donors (Lipinski definition) is 1. The van der Waals surface area contributed by atoms with Gasteiger partial charge in [0.25, 0.3) is 0 Å². The first-order valence-corrected chi connectivity index (χ1v) is 8.72. The fourth-order valence-corrected chi connectivity index (χ4v) is 3.84. The van der Waals surface area contributed by atoms with Crippen LogP contribution in [0.15, 0.2) is 23.4 Å². The van der Waals surface area contributed by atoms with E-state index in [4.69, 9.17) is 5.73 Å². The van der Waals surface area contributed by atoms with E-state index >= 15 is 0 Å². The normalized spacial score (nSPS) is 18.0. The number of rotatable bonds is 3. The molecule has 1 aliphatic heterocycles. The minimum Gasteiger partial charge on any atom is -0.396 e. The maximum atomic E-state index is 12.5. The molecule has 1 amide bonds. The SMILES string of the molecule is CC(C(=O)N1CCCCCC1)S(=O)(=O)c1ncccc1N. The number of sulfone groups is 1. The molecule has 1 aromatic heterocycles. The lowest BCUT2D eigenvalue weighted by Gasteiger charge is -2.24. The maximum Gasteiger partial charge on any atom is 0.241 e. The molecular formula is C14H21N3O3S. The van der Waals surface area contributed by atoms with Crippen molar-refractivity contribution in [2.24, 2.45) is 0 Å². The first-order chi connectivity index (χ1) is 9.94. The van der Waals surface area contributed by atoms with Crippen molar-refractivity contribution in [3.8, 4) is 0 Å². The van der Waals surface area contributed by atoms with Gasteiger partial charge in [0, 0.05) is 19.3 Å². The molecule has 1 fully saturated rings. The number of aromatic nitrogens is 1. The smallest absolute Gasteiger partial charge is 0.241 e. The number of anilines is 1. The zero-order chi connectivity index (χ0) is 15.5. The Labute approximate surface area is 125 Å². The fourth-order valence-electron chi connectivity index (χ4n) is 2.49. The average molecular weight is 311 g/mol. The van der Waals surface area contributed by atoms with Gasteiger partial charge in [-0.2, -0.15) is 0 Å². The van der Waals surface area contributed by atoms with E-state index in [1.807, 2.05) is 0 Å². The summed E-state index contributed by atoms with van der Waals surface area (Å²) in [6.07, 6.45) is 5.37. The Morgan fingerprint density at radius 1 is 1.29 bits per heavy atom. The van der Waals surface area contributed by atoms with E-state index in [2.05, 4.69) is 4.98 Å². The Hall–Kier alpha value is -1.63. The van der Waals surface area contributed by atoms with Gasteiger partial charge in [0.1, 0.15) is 5.25 Å². The summed E-state index contributed by atoms with van der Waals surface area (Å²) >= 11 is 0. The number of carbonyl (C=O) groups is 1. The van der Waals surface area contributed by atoms with Crippen LogP contribution < -0.4 is 5.73 Å². The van der Waals surface area contributed by atoms with Gasteiger partial charge < -0.3 is 10.6 Å². The van der Waals surface area contributed by atoms with Crippen LogP contribution in [0.25, 0.3) is 0 Å². The van der Waals surface area contributed by atoms with Crippen molar-refractivity contribution in [2.45, 2.75) is 42.9 Å². The van der Waals surface area contributed by atoms with Gasteiger partial charge in [-0.15, -0.1) is 0 Å². The molecule has 0 saturated carbocycles. The summed E-state index contributed by atoms with van der Waals surface area (Å²) in [6.45, 7) is 2.66. The number of nitrogens with zero attached hydrogens (tertiary/aromatic N) is 2. The summed E-state index contributed by atoms with van der Waals surface area (Å²) in [6, 6.07) is 3.04. The zero-order valence-corrected chi connectivity index (χ0v) is 13.0. The van der Waals surface area contributed by atoms with E-state index in [0.29, 0.717) is 13.1 Å². The van der Waals surface area contributed by atoms with Crippen molar-refractivity contribution in [3.63, 3.8) is 0 Å². The van der Waals surface area contributed by atoms with E-state index in [0.717, 1.165) is 25.7 Å². The van der Waals surface area contributed by atoms with E-state index in [9.17, 15) is 13.2 Å². The van der Waals surface area contributed by atoms with Gasteiger partial charge >= 0.3 is 0 Å². The first kappa shape index (κ1) is 15.8. The first-order valence-electron chi connectivity index (χ1n) is 7.18. The molecule has 0 aliphatic carbocycles. The quantitative estimate of drug-likeness (QED) is 0.906. The highest BCUT2D eigenvalue weighted by molar-refractivity contribution is 7.92. The third kappa shape index (κ3) is 3.34. The van der Waals surface area contributed by atoms with E-state index in [1.54, 1.807) is 11.0 Å². The summed E-state index contributed by atoms with van der Waals surface area (Å²) in [5.41, 5.74) is 5.76. The summed E-state index contributed by atoms with van der Waals surface area (Å²) in [7, 11) is -3.86. The van der Waals surface area contributed by atoms with Gasteiger partial charge in [0.15, 0.2) is 5.03 Å². The lowest BCUT2D eigenvalue weighted by atomic mass is 10.2. The second kappa shape index (κ2) is 6.43. The Bertz CT molecular complexity index is 608. The van der Waals surface area contributed by atoms with Crippen LogP contribution in [0.4, 0.5) is 5.69 Å². The molecule has 2 rings (SSSR count). The third-order valence-electron chi connectivity index (χ3n) is 3.80. The van der Waals surface area contributed by atoms with Gasteiger partial charge in [-0.1, -0.05) is 12.8 Å². The number of nitrogen functional groups attached to an aromatic ring is 1. The number of carbonyl (C=O) groups excluding carboxylic acids is 1. The van der Waals surface area contributed by atoms with Crippen LogP contribution in [0.5, 0.6) is 0 Å². The molecule has 2 heterocycles. The summed E-state index contributed by atoms with van der Waals surface area (Å²) in [4.78, 5) is 17.9. The topological polar surface area (TPSA) is 93.4 Å². The highest BCUT2D eigenvalue weighted by Gasteiger charge is 2.35. The van der Waals surface area contributed by atoms with Crippen molar-refractivity contribution in [2.75, 3.05) is 18.8 Å². The largest absolute Gasteiger partial charge is 0.396 e.